The first-order valence-electron chi connectivity index (χ1n) is 7.62. The first-order chi connectivity index (χ1) is 12.5. The van der Waals surface area contributed by atoms with Crippen molar-refractivity contribution in [1.82, 2.24) is 4.98 Å². The number of para-hydroxylation sites is 1. The van der Waals surface area contributed by atoms with E-state index >= 15 is 0 Å². The smallest absolute Gasteiger partial charge is 0.274 e. The van der Waals surface area contributed by atoms with Gasteiger partial charge in [0.25, 0.3) is 11.8 Å². The van der Waals surface area contributed by atoms with Gasteiger partial charge in [0, 0.05) is 22.5 Å². The van der Waals surface area contributed by atoms with Crippen LogP contribution in [0.1, 0.15) is 20.8 Å². The second-order valence-electron chi connectivity index (χ2n) is 5.33. The molecule has 0 unspecified atom stereocenters. The van der Waals surface area contributed by atoms with Crippen molar-refractivity contribution in [2.75, 3.05) is 10.6 Å². The number of amides is 2. The van der Waals surface area contributed by atoms with Gasteiger partial charge in [0.1, 0.15) is 5.69 Å². The number of rotatable bonds is 4. The fraction of sp³-hybridized carbons (Fsp3) is 0. The van der Waals surface area contributed by atoms with Gasteiger partial charge in [-0.05, 0) is 42.5 Å². The minimum Gasteiger partial charge on any atom is -0.322 e. The maximum absolute atomic E-state index is 12.4. The summed E-state index contributed by atoms with van der Waals surface area (Å²) >= 11 is 12.0. The van der Waals surface area contributed by atoms with E-state index in [1.54, 1.807) is 24.3 Å². The van der Waals surface area contributed by atoms with E-state index in [0.29, 0.717) is 27.0 Å². The molecule has 0 aliphatic heterocycles. The molecule has 1 aromatic heterocycles. The maximum Gasteiger partial charge on any atom is 0.274 e. The van der Waals surface area contributed by atoms with Crippen molar-refractivity contribution in [2.45, 2.75) is 0 Å². The van der Waals surface area contributed by atoms with Gasteiger partial charge in [-0.1, -0.05) is 41.4 Å². The van der Waals surface area contributed by atoms with Crippen molar-refractivity contribution in [2.24, 2.45) is 0 Å². The van der Waals surface area contributed by atoms with Crippen LogP contribution in [0.5, 0.6) is 0 Å². The van der Waals surface area contributed by atoms with Crippen molar-refractivity contribution >= 4 is 46.4 Å². The topological polar surface area (TPSA) is 71.1 Å². The summed E-state index contributed by atoms with van der Waals surface area (Å²) in [7, 11) is 0. The molecule has 0 radical (unpaired) electrons. The molecular formula is C19H13Cl2N3O2. The van der Waals surface area contributed by atoms with Gasteiger partial charge in [-0.15, -0.1) is 0 Å². The highest BCUT2D eigenvalue weighted by molar-refractivity contribution is 6.35. The molecule has 5 nitrogen and oxygen atoms in total. The Labute approximate surface area is 160 Å². The quantitative estimate of drug-likeness (QED) is 0.671. The Morgan fingerprint density at radius 3 is 2.38 bits per heavy atom. The summed E-state index contributed by atoms with van der Waals surface area (Å²) in [6, 6.07) is 16.7. The van der Waals surface area contributed by atoms with Gasteiger partial charge in [0.15, 0.2) is 0 Å². The number of carbonyl (C=O) groups excluding carboxylic acids is 2. The largest absolute Gasteiger partial charge is 0.322 e. The number of hydrogen-bond acceptors (Lipinski definition) is 3. The third-order valence-corrected chi connectivity index (χ3v) is 4.03. The molecule has 3 aromatic rings. The molecule has 0 saturated carbocycles. The minimum atomic E-state index is -0.497. The second kappa shape index (κ2) is 7.99. The number of carbonyl (C=O) groups is 2. The van der Waals surface area contributed by atoms with Crippen LogP contribution in [0, 0.1) is 0 Å². The number of benzene rings is 2. The number of pyridine rings is 1. The van der Waals surface area contributed by atoms with E-state index < -0.39 is 5.91 Å². The van der Waals surface area contributed by atoms with Crippen LogP contribution in [-0.4, -0.2) is 16.8 Å². The predicted octanol–water partition coefficient (Wildman–Crippen LogP) is 4.89. The molecule has 7 heteroatoms. The summed E-state index contributed by atoms with van der Waals surface area (Å²) in [4.78, 5) is 28.7. The fourth-order valence-electron chi connectivity index (χ4n) is 2.20. The summed E-state index contributed by atoms with van der Waals surface area (Å²) in [6.07, 6.45) is 1.40. The van der Waals surface area contributed by atoms with E-state index in [9.17, 15) is 9.59 Å². The highest BCUT2D eigenvalue weighted by Crippen LogP contribution is 2.25. The number of halogens is 2. The van der Waals surface area contributed by atoms with Gasteiger partial charge in [0.2, 0.25) is 0 Å². The van der Waals surface area contributed by atoms with Gasteiger partial charge in [-0.2, -0.15) is 0 Å². The average Bonchev–Trinajstić information content (AvgIpc) is 2.65. The van der Waals surface area contributed by atoms with Gasteiger partial charge in [0.05, 0.1) is 10.7 Å². The molecule has 2 aromatic carbocycles. The highest BCUT2D eigenvalue weighted by Gasteiger charge is 2.14. The summed E-state index contributed by atoms with van der Waals surface area (Å²) in [5, 5.41) is 6.17. The Kier molecular flexibility index (Phi) is 5.51. The molecule has 0 aliphatic rings. The molecule has 0 aliphatic carbocycles. The number of hydrogen-bond donors (Lipinski definition) is 2. The van der Waals surface area contributed by atoms with Crippen LogP contribution in [0.2, 0.25) is 10.0 Å². The van der Waals surface area contributed by atoms with E-state index in [0.717, 1.165) is 0 Å². The molecule has 0 spiro atoms. The van der Waals surface area contributed by atoms with Crippen molar-refractivity contribution < 1.29 is 9.59 Å². The first kappa shape index (κ1) is 17.9. The Balaban J connectivity index is 1.77. The molecule has 0 fully saturated rings. The summed E-state index contributed by atoms with van der Waals surface area (Å²) < 4.78 is 0. The van der Waals surface area contributed by atoms with E-state index in [4.69, 9.17) is 23.2 Å². The molecule has 0 atom stereocenters. The lowest BCUT2D eigenvalue weighted by atomic mass is 10.2. The summed E-state index contributed by atoms with van der Waals surface area (Å²) in [5.74, 6) is -0.836. The second-order valence-corrected chi connectivity index (χ2v) is 6.17. The Bertz CT molecular complexity index is 962. The van der Waals surface area contributed by atoms with Crippen molar-refractivity contribution in [3.8, 4) is 0 Å². The van der Waals surface area contributed by atoms with Crippen molar-refractivity contribution in [3.05, 3.63) is 88.2 Å². The van der Waals surface area contributed by atoms with Gasteiger partial charge in [-0.3, -0.25) is 14.6 Å². The zero-order valence-electron chi connectivity index (χ0n) is 13.4. The fourth-order valence-corrected chi connectivity index (χ4v) is 2.54. The third kappa shape index (κ3) is 4.39. The normalized spacial score (nSPS) is 10.2. The van der Waals surface area contributed by atoms with Crippen LogP contribution in [0.15, 0.2) is 66.9 Å². The van der Waals surface area contributed by atoms with Gasteiger partial charge in [-0.25, -0.2) is 0 Å². The number of anilines is 2. The monoisotopic (exact) mass is 385 g/mol. The molecule has 130 valence electrons. The summed E-state index contributed by atoms with van der Waals surface area (Å²) in [5.41, 5.74) is 1.42. The van der Waals surface area contributed by atoms with Crippen molar-refractivity contribution in [1.29, 1.82) is 0 Å². The standard InChI is InChI=1S/C19H13Cl2N3O2/c20-13-6-7-15(21)16(11-13)24-19(26)17-10-12(8-9-22-17)18(25)23-14-4-2-1-3-5-14/h1-11H,(H,23,25)(H,24,26). The zero-order chi connectivity index (χ0) is 18.5. The molecule has 3 rings (SSSR count). The van der Waals surface area contributed by atoms with Crippen LogP contribution < -0.4 is 10.6 Å². The van der Waals surface area contributed by atoms with Crippen molar-refractivity contribution in [3.63, 3.8) is 0 Å². The van der Waals surface area contributed by atoms with Crippen LogP contribution in [-0.2, 0) is 0 Å². The molecular weight excluding hydrogens is 373 g/mol. The molecule has 2 N–H and O–H groups in total. The van der Waals surface area contributed by atoms with Crippen LogP contribution in [0.25, 0.3) is 0 Å². The first-order valence-corrected chi connectivity index (χ1v) is 8.37. The number of aromatic nitrogens is 1. The third-order valence-electron chi connectivity index (χ3n) is 3.46. The van der Waals surface area contributed by atoms with E-state index in [-0.39, 0.29) is 11.6 Å². The summed E-state index contributed by atoms with van der Waals surface area (Å²) in [6.45, 7) is 0. The molecule has 2 amide bonds. The highest BCUT2D eigenvalue weighted by atomic mass is 35.5. The molecule has 0 bridgehead atoms. The minimum absolute atomic E-state index is 0.0850. The van der Waals surface area contributed by atoms with E-state index in [1.807, 2.05) is 18.2 Å². The van der Waals surface area contributed by atoms with E-state index in [2.05, 4.69) is 15.6 Å². The molecule has 26 heavy (non-hydrogen) atoms. The average molecular weight is 386 g/mol. The van der Waals surface area contributed by atoms with Gasteiger partial charge >= 0.3 is 0 Å². The maximum atomic E-state index is 12.4. The lowest BCUT2D eigenvalue weighted by Crippen LogP contribution is -2.17. The molecule has 1 heterocycles. The van der Waals surface area contributed by atoms with Crippen LogP contribution >= 0.6 is 23.2 Å². The SMILES string of the molecule is O=C(Nc1ccccc1)c1ccnc(C(=O)Nc2cc(Cl)ccc2Cl)c1. The van der Waals surface area contributed by atoms with Crippen LogP contribution in [0.3, 0.4) is 0 Å². The van der Waals surface area contributed by atoms with Crippen LogP contribution in [0.4, 0.5) is 11.4 Å². The predicted molar refractivity (Wildman–Crippen MR) is 103 cm³/mol. The Morgan fingerprint density at radius 1 is 0.846 bits per heavy atom. The lowest BCUT2D eigenvalue weighted by Gasteiger charge is -2.09. The Morgan fingerprint density at radius 2 is 1.62 bits per heavy atom. The Hall–Kier alpha value is -2.89. The number of nitrogens with one attached hydrogen (secondary N) is 2. The zero-order valence-corrected chi connectivity index (χ0v) is 14.9. The van der Waals surface area contributed by atoms with E-state index in [1.165, 1.54) is 24.4 Å². The molecule has 0 saturated heterocycles. The number of nitrogens with zero attached hydrogens (tertiary/aromatic N) is 1. The van der Waals surface area contributed by atoms with Gasteiger partial charge < -0.3 is 10.6 Å². The lowest BCUT2D eigenvalue weighted by molar-refractivity contribution is 0.102.